The van der Waals surface area contributed by atoms with E-state index in [0.29, 0.717) is 12.3 Å². The van der Waals surface area contributed by atoms with Crippen molar-refractivity contribution in [1.29, 1.82) is 0 Å². The summed E-state index contributed by atoms with van der Waals surface area (Å²) in [5, 5.41) is 17.1. The van der Waals surface area contributed by atoms with Crippen molar-refractivity contribution in [3.63, 3.8) is 0 Å². The lowest BCUT2D eigenvalue weighted by molar-refractivity contribution is 0.157. The fourth-order valence-electron chi connectivity index (χ4n) is 2.81. The SMILES string of the molecule is CCCCN1CCC[C@H](Cn2cc(CCO)nn2)C1. The Morgan fingerprint density at radius 3 is 3.16 bits per heavy atom. The van der Waals surface area contributed by atoms with Crippen LogP contribution in [0.3, 0.4) is 0 Å². The Balaban J connectivity index is 1.80. The molecule has 1 aromatic rings. The van der Waals surface area contributed by atoms with Crippen LogP contribution in [0.5, 0.6) is 0 Å². The molecule has 0 aliphatic carbocycles. The number of unbranched alkanes of at least 4 members (excludes halogenated alkanes) is 1. The Morgan fingerprint density at radius 2 is 2.37 bits per heavy atom. The van der Waals surface area contributed by atoms with Gasteiger partial charge in [0.15, 0.2) is 0 Å². The molecule has 1 aromatic heterocycles. The molecule has 108 valence electrons. The van der Waals surface area contributed by atoms with Gasteiger partial charge in [0.1, 0.15) is 0 Å². The van der Waals surface area contributed by atoms with Gasteiger partial charge in [0, 0.05) is 32.3 Å². The molecule has 0 amide bonds. The zero-order valence-electron chi connectivity index (χ0n) is 12.0. The maximum Gasteiger partial charge on any atom is 0.0849 e. The summed E-state index contributed by atoms with van der Waals surface area (Å²) in [7, 11) is 0. The zero-order chi connectivity index (χ0) is 13.5. The number of aromatic nitrogens is 3. The summed E-state index contributed by atoms with van der Waals surface area (Å²) < 4.78 is 1.94. The van der Waals surface area contributed by atoms with Crippen LogP contribution in [0.15, 0.2) is 6.20 Å². The van der Waals surface area contributed by atoms with E-state index in [9.17, 15) is 0 Å². The Hall–Kier alpha value is -0.940. The Kier molecular flexibility index (Phi) is 5.79. The Morgan fingerprint density at radius 1 is 1.47 bits per heavy atom. The monoisotopic (exact) mass is 266 g/mol. The van der Waals surface area contributed by atoms with Crippen molar-refractivity contribution in [1.82, 2.24) is 19.9 Å². The summed E-state index contributed by atoms with van der Waals surface area (Å²) in [5.74, 6) is 0.689. The predicted octanol–water partition coefficient (Wildman–Crippen LogP) is 1.32. The lowest BCUT2D eigenvalue weighted by Crippen LogP contribution is -2.37. The van der Waals surface area contributed by atoms with Crippen LogP contribution < -0.4 is 0 Å². The van der Waals surface area contributed by atoms with E-state index < -0.39 is 0 Å². The number of likely N-dealkylation sites (tertiary alicyclic amines) is 1. The minimum Gasteiger partial charge on any atom is -0.396 e. The smallest absolute Gasteiger partial charge is 0.0849 e. The molecular weight excluding hydrogens is 240 g/mol. The van der Waals surface area contributed by atoms with Crippen molar-refractivity contribution < 1.29 is 5.11 Å². The first-order valence-corrected chi connectivity index (χ1v) is 7.54. The molecule has 1 aliphatic heterocycles. The maximum atomic E-state index is 8.88. The maximum absolute atomic E-state index is 8.88. The Labute approximate surface area is 115 Å². The molecule has 2 rings (SSSR count). The topological polar surface area (TPSA) is 54.2 Å². The molecule has 19 heavy (non-hydrogen) atoms. The van der Waals surface area contributed by atoms with Crippen molar-refractivity contribution in [2.75, 3.05) is 26.2 Å². The molecule has 1 atom stereocenters. The van der Waals surface area contributed by atoms with Crippen LogP contribution in [-0.2, 0) is 13.0 Å². The van der Waals surface area contributed by atoms with Crippen molar-refractivity contribution in [3.05, 3.63) is 11.9 Å². The minimum absolute atomic E-state index is 0.146. The molecule has 0 spiro atoms. The van der Waals surface area contributed by atoms with Gasteiger partial charge >= 0.3 is 0 Å². The number of piperidine rings is 1. The summed E-state index contributed by atoms with van der Waals surface area (Å²) in [6, 6.07) is 0. The van der Waals surface area contributed by atoms with Gasteiger partial charge in [0.2, 0.25) is 0 Å². The van der Waals surface area contributed by atoms with Gasteiger partial charge in [-0.25, -0.2) is 0 Å². The molecule has 0 unspecified atom stereocenters. The van der Waals surface area contributed by atoms with E-state index in [4.69, 9.17) is 5.11 Å². The van der Waals surface area contributed by atoms with Crippen LogP contribution in [0.25, 0.3) is 0 Å². The third-order valence-corrected chi connectivity index (χ3v) is 3.83. The van der Waals surface area contributed by atoms with Crippen LogP contribution >= 0.6 is 0 Å². The van der Waals surface area contributed by atoms with Crippen molar-refractivity contribution in [2.45, 2.75) is 45.6 Å². The normalized spacial score (nSPS) is 20.8. The van der Waals surface area contributed by atoms with E-state index in [1.807, 2.05) is 10.9 Å². The molecule has 0 saturated carbocycles. The summed E-state index contributed by atoms with van der Waals surface area (Å²) >= 11 is 0. The van der Waals surface area contributed by atoms with E-state index in [2.05, 4.69) is 22.1 Å². The molecule has 2 heterocycles. The number of hydrogen-bond donors (Lipinski definition) is 1. The standard InChI is InChI=1S/C14H26N4O/c1-2-3-7-17-8-4-5-13(10-17)11-18-12-14(6-9-19)15-16-18/h12-13,19H,2-11H2,1H3/t13-/m0/s1. The second kappa shape index (κ2) is 7.60. The molecule has 5 heteroatoms. The van der Waals surface area contributed by atoms with Crippen LogP contribution in [0.2, 0.25) is 0 Å². The largest absolute Gasteiger partial charge is 0.396 e. The number of aliphatic hydroxyl groups is 1. The molecule has 0 aromatic carbocycles. The first-order valence-electron chi connectivity index (χ1n) is 7.54. The molecule has 1 fully saturated rings. The van der Waals surface area contributed by atoms with E-state index in [1.54, 1.807) is 0 Å². The summed E-state index contributed by atoms with van der Waals surface area (Å²) in [5.41, 5.74) is 0.890. The molecule has 5 nitrogen and oxygen atoms in total. The number of rotatable bonds is 7. The number of aliphatic hydroxyl groups excluding tert-OH is 1. The second-order valence-corrected chi connectivity index (χ2v) is 5.57. The van der Waals surface area contributed by atoms with Crippen molar-refractivity contribution >= 4 is 0 Å². The number of nitrogens with zero attached hydrogens (tertiary/aromatic N) is 4. The average molecular weight is 266 g/mol. The first-order chi connectivity index (χ1) is 9.31. The van der Waals surface area contributed by atoms with Crippen LogP contribution in [-0.4, -0.2) is 51.2 Å². The molecule has 1 N–H and O–H groups in total. The van der Waals surface area contributed by atoms with Gasteiger partial charge < -0.3 is 10.0 Å². The van der Waals surface area contributed by atoms with E-state index in [1.165, 1.54) is 45.3 Å². The highest BCUT2D eigenvalue weighted by Crippen LogP contribution is 2.18. The van der Waals surface area contributed by atoms with E-state index >= 15 is 0 Å². The predicted molar refractivity (Wildman–Crippen MR) is 74.9 cm³/mol. The average Bonchev–Trinajstić information content (AvgIpc) is 2.85. The van der Waals surface area contributed by atoms with Gasteiger partial charge in [-0.3, -0.25) is 4.68 Å². The van der Waals surface area contributed by atoms with Crippen LogP contribution in [0.4, 0.5) is 0 Å². The highest BCUT2D eigenvalue weighted by Gasteiger charge is 2.20. The lowest BCUT2D eigenvalue weighted by atomic mass is 9.98. The van der Waals surface area contributed by atoms with Gasteiger partial charge in [-0.2, -0.15) is 0 Å². The van der Waals surface area contributed by atoms with Gasteiger partial charge in [0.25, 0.3) is 0 Å². The van der Waals surface area contributed by atoms with Crippen molar-refractivity contribution in [2.24, 2.45) is 5.92 Å². The van der Waals surface area contributed by atoms with Crippen LogP contribution in [0.1, 0.15) is 38.3 Å². The second-order valence-electron chi connectivity index (χ2n) is 5.57. The molecule has 1 aliphatic rings. The highest BCUT2D eigenvalue weighted by atomic mass is 16.3. The highest BCUT2D eigenvalue weighted by molar-refractivity contribution is 4.92. The lowest BCUT2D eigenvalue weighted by Gasteiger charge is -2.32. The van der Waals surface area contributed by atoms with Crippen LogP contribution in [0, 0.1) is 5.92 Å². The molecule has 1 saturated heterocycles. The summed E-state index contributed by atoms with van der Waals surface area (Å²) in [6.07, 6.45) is 7.74. The minimum atomic E-state index is 0.146. The summed E-state index contributed by atoms with van der Waals surface area (Å²) in [6.45, 7) is 7.03. The Bertz CT molecular complexity index is 366. The molecular formula is C14H26N4O. The quantitative estimate of drug-likeness (QED) is 0.809. The fraction of sp³-hybridized carbons (Fsp3) is 0.857. The van der Waals surface area contributed by atoms with Gasteiger partial charge in [-0.15, -0.1) is 5.10 Å². The number of hydrogen-bond acceptors (Lipinski definition) is 4. The zero-order valence-corrected chi connectivity index (χ0v) is 12.0. The third kappa shape index (κ3) is 4.58. The van der Waals surface area contributed by atoms with E-state index in [0.717, 1.165) is 12.2 Å². The third-order valence-electron chi connectivity index (χ3n) is 3.83. The first kappa shape index (κ1) is 14.5. The van der Waals surface area contributed by atoms with Gasteiger partial charge in [-0.05, 0) is 38.3 Å². The van der Waals surface area contributed by atoms with E-state index in [-0.39, 0.29) is 6.61 Å². The fourth-order valence-corrected chi connectivity index (χ4v) is 2.81. The molecule has 0 radical (unpaired) electrons. The van der Waals surface area contributed by atoms with Crippen molar-refractivity contribution in [3.8, 4) is 0 Å². The molecule has 0 bridgehead atoms. The van der Waals surface area contributed by atoms with Gasteiger partial charge in [0.05, 0.1) is 5.69 Å². The summed E-state index contributed by atoms with van der Waals surface area (Å²) in [4.78, 5) is 2.59. The van der Waals surface area contributed by atoms with Gasteiger partial charge in [-0.1, -0.05) is 18.6 Å².